The van der Waals surface area contributed by atoms with Gasteiger partial charge in [0.1, 0.15) is 0 Å². The van der Waals surface area contributed by atoms with Crippen LogP contribution in [0.15, 0.2) is 0 Å². The fourth-order valence-electron chi connectivity index (χ4n) is 1.82. The number of nitrogens with two attached hydrogens (primary N) is 1. The Hall–Kier alpha value is -0.0800. The molecule has 0 saturated carbocycles. The van der Waals surface area contributed by atoms with Crippen LogP contribution in [0.5, 0.6) is 0 Å². The number of rotatable bonds is 4. The minimum atomic E-state index is 0.696. The lowest BCUT2D eigenvalue weighted by Gasteiger charge is -2.22. The highest BCUT2D eigenvalue weighted by Crippen LogP contribution is 2.16. The van der Waals surface area contributed by atoms with Crippen LogP contribution in [0, 0.1) is 0 Å². The standard InChI is InChI=1S/C9H20N2/c1-2-3-6-11-7-4-5-9(11)8-10/h9H,2-8,10H2,1H3/t9-/m1/s1. The first-order valence-electron chi connectivity index (χ1n) is 4.82. The molecule has 0 spiro atoms. The molecule has 0 aromatic heterocycles. The second kappa shape index (κ2) is 4.73. The van der Waals surface area contributed by atoms with Gasteiger partial charge in [-0.25, -0.2) is 0 Å². The Bertz CT molecular complexity index is 104. The van der Waals surface area contributed by atoms with Gasteiger partial charge in [-0.2, -0.15) is 0 Å². The SMILES string of the molecule is CCCCN1CCC[C@@H]1CN. The third kappa shape index (κ3) is 2.46. The van der Waals surface area contributed by atoms with Crippen molar-refractivity contribution in [1.29, 1.82) is 0 Å². The molecule has 1 aliphatic heterocycles. The van der Waals surface area contributed by atoms with E-state index in [2.05, 4.69) is 11.8 Å². The number of hydrogen-bond donors (Lipinski definition) is 1. The van der Waals surface area contributed by atoms with Gasteiger partial charge in [0, 0.05) is 12.6 Å². The maximum atomic E-state index is 5.65. The quantitative estimate of drug-likeness (QED) is 0.663. The van der Waals surface area contributed by atoms with E-state index in [1.807, 2.05) is 0 Å². The van der Waals surface area contributed by atoms with Crippen molar-refractivity contribution in [1.82, 2.24) is 4.90 Å². The van der Waals surface area contributed by atoms with E-state index >= 15 is 0 Å². The van der Waals surface area contributed by atoms with Gasteiger partial charge in [0.15, 0.2) is 0 Å². The van der Waals surface area contributed by atoms with Gasteiger partial charge in [0.2, 0.25) is 0 Å². The van der Waals surface area contributed by atoms with E-state index in [-0.39, 0.29) is 0 Å². The molecule has 1 fully saturated rings. The van der Waals surface area contributed by atoms with Gasteiger partial charge in [0.05, 0.1) is 0 Å². The van der Waals surface area contributed by atoms with Crippen LogP contribution in [0.2, 0.25) is 0 Å². The molecular formula is C9H20N2. The molecule has 0 amide bonds. The predicted molar refractivity (Wildman–Crippen MR) is 48.6 cm³/mol. The number of likely N-dealkylation sites (tertiary alicyclic amines) is 1. The molecule has 2 nitrogen and oxygen atoms in total. The lowest BCUT2D eigenvalue weighted by Crippen LogP contribution is -2.35. The van der Waals surface area contributed by atoms with Crippen LogP contribution in [0.3, 0.4) is 0 Å². The molecule has 2 heteroatoms. The molecule has 1 saturated heterocycles. The van der Waals surface area contributed by atoms with E-state index in [0.717, 1.165) is 6.54 Å². The first-order chi connectivity index (χ1) is 5.38. The summed E-state index contributed by atoms with van der Waals surface area (Å²) in [4.78, 5) is 2.55. The second-order valence-electron chi connectivity index (χ2n) is 3.42. The second-order valence-corrected chi connectivity index (χ2v) is 3.42. The Morgan fingerprint density at radius 2 is 2.36 bits per heavy atom. The summed E-state index contributed by atoms with van der Waals surface area (Å²) < 4.78 is 0. The molecule has 1 aliphatic rings. The number of hydrogen-bond acceptors (Lipinski definition) is 2. The average molecular weight is 156 g/mol. The van der Waals surface area contributed by atoms with Crippen LogP contribution in [-0.4, -0.2) is 30.6 Å². The summed E-state index contributed by atoms with van der Waals surface area (Å²) in [5, 5.41) is 0. The van der Waals surface area contributed by atoms with Gasteiger partial charge in [-0.3, -0.25) is 4.90 Å². The van der Waals surface area contributed by atoms with E-state index in [0.29, 0.717) is 6.04 Å². The third-order valence-electron chi connectivity index (χ3n) is 2.57. The smallest absolute Gasteiger partial charge is 0.0218 e. The molecule has 1 heterocycles. The van der Waals surface area contributed by atoms with Crippen molar-refractivity contribution in [3.8, 4) is 0 Å². The van der Waals surface area contributed by atoms with E-state index in [1.165, 1.54) is 38.8 Å². The van der Waals surface area contributed by atoms with Gasteiger partial charge in [0.25, 0.3) is 0 Å². The van der Waals surface area contributed by atoms with Crippen LogP contribution in [0.1, 0.15) is 32.6 Å². The van der Waals surface area contributed by atoms with Crippen molar-refractivity contribution in [3.63, 3.8) is 0 Å². The largest absolute Gasteiger partial charge is 0.329 e. The fourth-order valence-corrected chi connectivity index (χ4v) is 1.82. The Morgan fingerprint density at radius 3 is 3.00 bits per heavy atom. The molecule has 0 bridgehead atoms. The Labute approximate surface area is 69.8 Å². The van der Waals surface area contributed by atoms with Crippen molar-refractivity contribution < 1.29 is 0 Å². The average Bonchev–Trinajstić information content (AvgIpc) is 2.47. The van der Waals surface area contributed by atoms with Gasteiger partial charge in [-0.1, -0.05) is 13.3 Å². The Balaban J connectivity index is 2.20. The fraction of sp³-hybridized carbons (Fsp3) is 1.00. The summed E-state index contributed by atoms with van der Waals surface area (Å²) in [7, 11) is 0. The molecule has 11 heavy (non-hydrogen) atoms. The van der Waals surface area contributed by atoms with Crippen LogP contribution >= 0.6 is 0 Å². The van der Waals surface area contributed by atoms with Crippen molar-refractivity contribution >= 4 is 0 Å². The molecule has 0 unspecified atom stereocenters. The highest BCUT2D eigenvalue weighted by atomic mass is 15.2. The van der Waals surface area contributed by atoms with Crippen molar-refractivity contribution in [2.24, 2.45) is 5.73 Å². The summed E-state index contributed by atoms with van der Waals surface area (Å²) in [6.07, 6.45) is 5.30. The number of unbranched alkanes of at least 4 members (excludes halogenated alkanes) is 1. The molecule has 0 radical (unpaired) electrons. The maximum absolute atomic E-state index is 5.65. The molecular weight excluding hydrogens is 136 g/mol. The summed E-state index contributed by atoms with van der Waals surface area (Å²) in [6.45, 7) is 5.64. The molecule has 2 N–H and O–H groups in total. The molecule has 0 aromatic carbocycles. The molecule has 0 aliphatic carbocycles. The van der Waals surface area contributed by atoms with Gasteiger partial charge >= 0.3 is 0 Å². The lowest BCUT2D eigenvalue weighted by molar-refractivity contribution is 0.255. The maximum Gasteiger partial charge on any atom is 0.0218 e. The molecule has 0 aromatic rings. The van der Waals surface area contributed by atoms with Crippen molar-refractivity contribution in [3.05, 3.63) is 0 Å². The predicted octanol–water partition coefficient (Wildman–Crippen LogP) is 1.21. The summed E-state index contributed by atoms with van der Waals surface area (Å²) in [6, 6.07) is 0.696. The third-order valence-corrected chi connectivity index (χ3v) is 2.57. The van der Waals surface area contributed by atoms with Crippen LogP contribution in [-0.2, 0) is 0 Å². The van der Waals surface area contributed by atoms with Crippen molar-refractivity contribution in [2.45, 2.75) is 38.6 Å². The monoisotopic (exact) mass is 156 g/mol. The highest BCUT2D eigenvalue weighted by molar-refractivity contribution is 4.79. The topological polar surface area (TPSA) is 29.3 Å². The number of nitrogens with zero attached hydrogens (tertiary/aromatic N) is 1. The van der Waals surface area contributed by atoms with Crippen LogP contribution < -0.4 is 5.73 Å². The zero-order valence-electron chi connectivity index (χ0n) is 7.55. The zero-order chi connectivity index (χ0) is 8.10. The normalized spacial score (nSPS) is 26.2. The highest BCUT2D eigenvalue weighted by Gasteiger charge is 2.21. The van der Waals surface area contributed by atoms with Gasteiger partial charge in [-0.05, 0) is 32.4 Å². The molecule has 1 atom stereocenters. The summed E-state index contributed by atoms with van der Waals surface area (Å²) in [5.74, 6) is 0. The van der Waals surface area contributed by atoms with Crippen LogP contribution in [0.25, 0.3) is 0 Å². The molecule has 66 valence electrons. The Morgan fingerprint density at radius 1 is 1.55 bits per heavy atom. The van der Waals surface area contributed by atoms with Crippen LogP contribution in [0.4, 0.5) is 0 Å². The van der Waals surface area contributed by atoms with E-state index in [1.54, 1.807) is 0 Å². The first-order valence-corrected chi connectivity index (χ1v) is 4.82. The van der Waals surface area contributed by atoms with E-state index < -0.39 is 0 Å². The van der Waals surface area contributed by atoms with E-state index in [4.69, 9.17) is 5.73 Å². The van der Waals surface area contributed by atoms with Gasteiger partial charge in [-0.15, -0.1) is 0 Å². The molecule has 1 rings (SSSR count). The van der Waals surface area contributed by atoms with E-state index in [9.17, 15) is 0 Å². The lowest BCUT2D eigenvalue weighted by atomic mass is 10.2. The first kappa shape index (κ1) is 9.01. The summed E-state index contributed by atoms with van der Waals surface area (Å²) >= 11 is 0. The zero-order valence-corrected chi connectivity index (χ0v) is 7.55. The van der Waals surface area contributed by atoms with Crippen molar-refractivity contribution in [2.75, 3.05) is 19.6 Å². The minimum Gasteiger partial charge on any atom is -0.329 e. The van der Waals surface area contributed by atoms with Gasteiger partial charge < -0.3 is 5.73 Å². The Kier molecular flexibility index (Phi) is 3.87. The summed E-state index contributed by atoms with van der Waals surface area (Å²) in [5.41, 5.74) is 5.65. The minimum absolute atomic E-state index is 0.696.